The molecule has 1 amide bonds. The minimum atomic E-state index is -0.119. The first kappa shape index (κ1) is 18.7. The van der Waals surface area contributed by atoms with Crippen LogP contribution in [0.15, 0.2) is 54.7 Å². The number of carbonyl (C=O) groups is 1. The molecule has 27 heavy (non-hydrogen) atoms. The fraction of sp³-hybridized carbons (Fsp3) is 0.273. The first-order valence-electron chi connectivity index (χ1n) is 9.17. The van der Waals surface area contributed by atoms with E-state index in [4.69, 9.17) is 0 Å². The molecule has 0 saturated heterocycles. The lowest BCUT2D eigenvalue weighted by atomic mass is 10.1. The maximum atomic E-state index is 12.9. The molecule has 0 aliphatic carbocycles. The number of aromatic nitrogens is 2. The van der Waals surface area contributed by atoms with Crippen molar-refractivity contribution in [2.24, 2.45) is 0 Å². The third kappa shape index (κ3) is 4.19. The molecule has 5 heteroatoms. The van der Waals surface area contributed by atoms with Crippen molar-refractivity contribution in [3.05, 3.63) is 77.1 Å². The molecular weight excluding hydrogens is 336 g/mol. The van der Waals surface area contributed by atoms with Gasteiger partial charge in [-0.15, -0.1) is 0 Å². The molecule has 0 radical (unpaired) electrons. The Hall–Kier alpha value is -3.08. The topological polar surface area (TPSA) is 50.2 Å². The van der Waals surface area contributed by atoms with Crippen LogP contribution in [0.4, 0.5) is 11.4 Å². The van der Waals surface area contributed by atoms with Crippen LogP contribution in [-0.4, -0.2) is 29.8 Å². The van der Waals surface area contributed by atoms with Crippen molar-refractivity contribution in [3.63, 3.8) is 0 Å². The van der Waals surface area contributed by atoms with Crippen LogP contribution >= 0.6 is 0 Å². The second-order valence-corrected chi connectivity index (χ2v) is 6.85. The molecule has 0 aliphatic heterocycles. The quantitative estimate of drug-likeness (QED) is 0.718. The monoisotopic (exact) mass is 362 g/mol. The van der Waals surface area contributed by atoms with Gasteiger partial charge >= 0.3 is 0 Å². The summed E-state index contributed by atoms with van der Waals surface area (Å²) in [7, 11) is 4.00. The second-order valence-electron chi connectivity index (χ2n) is 6.85. The number of benzene rings is 2. The van der Waals surface area contributed by atoms with Crippen molar-refractivity contribution in [2.75, 3.05) is 24.3 Å². The Labute approximate surface area is 160 Å². The van der Waals surface area contributed by atoms with Crippen LogP contribution < -0.4 is 10.2 Å². The molecule has 0 fully saturated rings. The van der Waals surface area contributed by atoms with E-state index in [0.717, 1.165) is 34.6 Å². The Morgan fingerprint density at radius 3 is 2.52 bits per heavy atom. The molecule has 0 aliphatic rings. The molecule has 3 aromatic rings. The number of aryl methyl sites for hydroxylation is 1. The van der Waals surface area contributed by atoms with Gasteiger partial charge in [0.25, 0.3) is 5.91 Å². The lowest BCUT2D eigenvalue weighted by molar-refractivity contribution is 0.102. The molecule has 5 nitrogen and oxygen atoms in total. The van der Waals surface area contributed by atoms with Crippen LogP contribution in [0.3, 0.4) is 0 Å². The third-order valence-electron chi connectivity index (χ3n) is 4.68. The molecule has 0 saturated carbocycles. The van der Waals surface area contributed by atoms with E-state index in [1.807, 2.05) is 67.9 Å². The van der Waals surface area contributed by atoms with E-state index < -0.39 is 0 Å². The van der Waals surface area contributed by atoms with Crippen LogP contribution in [0.1, 0.15) is 34.1 Å². The normalized spacial score (nSPS) is 10.7. The predicted octanol–water partition coefficient (Wildman–Crippen LogP) is 4.12. The van der Waals surface area contributed by atoms with E-state index in [0.29, 0.717) is 12.1 Å². The van der Waals surface area contributed by atoms with E-state index in [2.05, 4.69) is 28.6 Å². The van der Waals surface area contributed by atoms with Crippen molar-refractivity contribution in [3.8, 4) is 0 Å². The van der Waals surface area contributed by atoms with Gasteiger partial charge in [-0.2, -0.15) is 5.10 Å². The maximum Gasteiger partial charge on any atom is 0.259 e. The number of nitrogens with one attached hydrogen (secondary N) is 1. The summed E-state index contributed by atoms with van der Waals surface area (Å²) in [5.74, 6) is -0.119. The highest BCUT2D eigenvalue weighted by Crippen LogP contribution is 2.22. The van der Waals surface area contributed by atoms with E-state index in [9.17, 15) is 4.79 Å². The largest absolute Gasteiger partial charge is 0.378 e. The van der Waals surface area contributed by atoms with Gasteiger partial charge in [0.2, 0.25) is 0 Å². The first-order valence-corrected chi connectivity index (χ1v) is 9.17. The van der Waals surface area contributed by atoms with Crippen molar-refractivity contribution in [1.82, 2.24) is 9.78 Å². The molecule has 0 atom stereocenters. The average molecular weight is 362 g/mol. The Balaban J connectivity index is 1.81. The summed E-state index contributed by atoms with van der Waals surface area (Å²) in [6.45, 7) is 4.71. The molecular formula is C22H26N4O. The van der Waals surface area contributed by atoms with Gasteiger partial charge < -0.3 is 10.2 Å². The highest BCUT2D eigenvalue weighted by atomic mass is 16.1. The van der Waals surface area contributed by atoms with Crippen LogP contribution in [0.5, 0.6) is 0 Å². The summed E-state index contributed by atoms with van der Waals surface area (Å²) in [5.41, 5.74) is 5.70. The van der Waals surface area contributed by atoms with Crippen molar-refractivity contribution < 1.29 is 4.79 Å². The van der Waals surface area contributed by atoms with Crippen molar-refractivity contribution >= 4 is 17.3 Å². The van der Waals surface area contributed by atoms with Gasteiger partial charge in [0.15, 0.2) is 0 Å². The molecule has 1 N–H and O–H groups in total. The number of rotatable bonds is 6. The highest BCUT2D eigenvalue weighted by molar-refractivity contribution is 6.05. The summed E-state index contributed by atoms with van der Waals surface area (Å²) in [6, 6.07) is 16.2. The van der Waals surface area contributed by atoms with E-state index in [-0.39, 0.29) is 5.91 Å². The van der Waals surface area contributed by atoms with Gasteiger partial charge in [-0.05, 0) is 42.7 Å². The molecule has 0 unspecified atom stereocenters. The number of nitrogens with zero attached hydrogens (tertiary/aromatic N) is 3. The highest BCUT2D eigenvalue weighted by Gasteiger charge is 2.17. The minimum absolute atomic E-state index is 0.119. The molecule has 1 heterocycles. The Morgan fingerprint density at radius 2 is 1.89 bits per heavy atom. The predicted molar refractivity (Wildman–Crippen MR) is 111 cm³/mol. The fourth-order valence-corrected chi connectivity index (χ4v) is 3.12. The van der Waals surface area contributed by atoms with Gasteiger partial charge in [0.05, 0.1) is 24.0 Å². The number of hydrogen-bond donors (Lipinski definition) is 1. The lowest BCUT2D eigenvalue weighted by Crippen LogP contribution is -2.16. The van der Waals surface area contributed by atoms with Gasteiger partial charge in [0, 0.05) is 25.5 Å². The maximum absolute atomic E-state index is 12.9. The minimum Gasteiger partial charge on any atom is -0.378 e. The van der Waals surface area contributed by atoms with Crippen molar-refractivity contribution in [2.45, 2.75) is 26.8 Å². The summed E-state index contributed by atoms with van der Waals surface area (Å²) >= 11 is 0. The Bertz CT molecular complexity index is 929. The molecule has 2 aromatic carbocycles. The van der Waals surface area contributed by atoms with Crippen molar-refractivity contribution in [1.29, 1.82) is 0 Å². The number of anilines is 2. The smallest absolute Gasteiger partial charge is 0.259 e. The van der Waals surface area contributed by atoms with Crippen LogP contribution in [0, 0.1) is 6.92 Å². The Morgan fingerprint density at radius 1 is 1.15 bits per heavy atom. The molecule has 0 bridgehead atoms. The number of carbonyl (C=O) groups excluding carboxylic acids is 1. The lowest BCUT2D eigenvalue weighted by Gasteiger charge is -2.15. The molecule has 1 aromatic heterocycles. The van der Waals surface area contributed by atoms with Gasteiger partial charge in [-0.1, -0.05) is 37.3 Å². The summed E-state index contributed by atoms with van der Waals surface area (Å²) in [4.78, 5) is 14.9. The molecule has 3 rings (SSSR count). The fourth-order valence-electron chi connectivity index (χ4n) is 3.12. The van der Waals surface area contributed by atoms with Crippen LogP contribution in [-0.2, 0) is 13.0 Å². The zero-order valence-corrected chi connectivity index (χ0v) is 16.4. The van der Waals surface area contributed by atoms with E-state index in [1.54, 1.807) is 6.20 Å². The standard InChI is InChI=1S/C22H26N4O/c1-5-21-19(14-23-26(21)15-17-9-7-6-8-10-17)22(27)24-20-12-11-18(25(3)4)13-16(20)2/h6-14H,5,15H2,1-4H3,(H,24,27). The first-order chi connectivity index (χ1) is 13.0. The number of hydrogen-bond acceptors (Lipinski definition) is 3. The summed E-state index contributed by atoms with van der Waals surface area (Å²) in [6.07, 6.45) is 2.41. The second kappa shape index (κ2) is 8.08. The van der Waals surface area contributed by atoms with Crippen LogP contribution in [0.2, 0.25) is 0 Å². The third-order valence-corrected chi connectivity index (χ3v) is 4.68. The Kier molecular flexibility index (Phi) is 5.60. The van der Waals surface area contributed by atoms with Crippen LogP contribution in [0.25, 0.3) is 0 Å². The SMILES string of the molecule is CCc1c(C(=O)Nc2ccc(N(C)C)cc2C)cnn1Cc1ccccc1. The van der Waals surface area contributed by atoms with Gasteiger partial charge in [0.1, 0.15) is 0 Å². The summed E-state index contributed by atoms with van der Waals surface area (Å²) < 4.78 is 1.91. The van der Waals surface area contributed by atoms with E-state index >= 15 is 0 Å². The van der Waals surface area contributed by atoms with Gasteiger partial charge in [-0.3, -0.25) is 9.48 Å². The zero-order valence-electron chi connectivity index (χ0n) is 16.4. The average Bonchev–Trinajstić information content (AvgIpc) is 3.06. The van der Waals surface area contributed by atoms with Gasteiger partial charge in [-0.25, -0.2) is 0 Å². The molecule has 140 valence electrons. The summed E-state index contributed by atoms with van der Waals surface area (Å²) in [5, 5.41) is 7.49. The van der Waals surface area contributed by atoms with E-state index in [1.165, 1.54) is 0 Å². The zero-order chi connectivity index (χ0) is 19.4. The number of amides is 1. The molecule has 0 spiro atoms.